The van der Waals surface area contributed by atoms with Crippen LogP contribution in [0.4, 0.5) is 0 Å². The molecular weight excluding hydrogens is 208 g/mol. The zero-order chi connectivity index (χ0) is 11.9. The van der Waals surface area contributed by atoms with Gasteiger partial charge >= 0.3 is 0 Å². The van der Waals surface area contributed by atoms with Gasteiger partial charge < -0.3 is 5.73 Å². The van der Waals surface area contributed by atoms with Crippen LogP contribution in [0.5, 0.6) is 0 Å². The Balaban J connectivity index is 1.98. The molecule has 0 radical (unpaired) electrons. The van der Waals surface area contributed by atoms with Gasteiger partial charge in [0, 0.05) is 12.4 Å². The summed E-state index contributed by atoms with van der Waals surface area (Å²) < 4.78 is 0. The molecule has 0 bridgehead atoms. The Morgan fingerprint density at radius 1 is 0.882 bits per heavy atom. The number of benzene rings is 1. The number of hydrogen-bond donors (Lipinski definition) is 1. The van der Waals surface area contributed by atoms with E-state index in [9.17, 15) is 0 Å². The first-order chi connectivity index (χ1) is 8.38. The van der Waals surface area contributed by atoms with Crippen molar-refractivity contribution in [3.8, 4) is 0 Å². The van der Waals surface area contributed by atoms with Gasteiger partial charge in [-0.2, -0.15) is 0 Å². The van der Waals surface area contributed by atoms with Crippen molar-refractivity contribution in [2.24, 2.45) is 11.7 Å². The highest BCUT2D eigenvalue weighted by molar-refractivity contribution is 5.17. The molecule has 1 aromatic carbocycles. The Bertz CT molecular complexity index is 384. The molecule has 0 saturated heterocycles. The second kappa shape index (κ2) is 6.16. The van der Waals surface area contributed by atoms with E-state index in [0.717, 1.165) is 19.4 Å². The minimum atomic E-state index is 0.500. The zero-order valence-corrected chi connectivity index (χ0v) is 9.92. The highest BCUT2D eigenvalue weighted by atomic mass is 14.6. The maximum absolute atomic E-state index is 5.85. The summed E-state index contributed by atoms with van der Waals surface area (Å²) in [7, 11) is 0. The lowest BCUT2D eigenvalue weighted by molar-refractivity contribution is 0.533. The average molecular weight is 226 g/mol. The molecule has 1 heterocycles. The molecule has 2 N–H and O–H groups in total. The first-order valence-corrected chi connectivity index (χ1v) is 6.01. The molecule has 1 aromatic heterocycles. The van der Waals surface area contributed by atoms with Crippen LogP contribution in [0.15, 0.2) is 54.9 Å². The Morgan fingerprint density at radius 2 is 1.47 bits per heavy atom. The lowest BCUT2D eigenvalue weighted by Crippen LogP contribution is -2.19. The quantitative estimate of drug-likeness (QED) is 0.850. The van der Waals surface area contributed by atoms with E-state index in [1.807, 2.05) is 18.5 Å². The molecule has 0 spiro atoms. The van der Waals surface area contributed by atoms with Gasteiger partial charge in [-0.3, -0.25) is 4.98 Å². The normalized spacial score (nSPS) is 12.3. The van der Waals surface area contributed by atoms with Crippen LogP contribution in [-0.2, 0) is 12.8 Å². The topological polar surface area (TPSA) is 38.9 Å². The monoisotopic (exact) mass is 226 g/mol. The third-order valence-corrected chi connectivity index (χ3v) is 2.97. The van der Waals surface area contributed by atoms with Gasteiger partial charge in [-0.15, -0.1) is 0 Å². The highest BCUT2D eigenvalue weighted by Gasteiger charge is 2.08. The molecule has 17 heavy (non-hydrogen) atoms. The third kappa shape index (κ3) is 3.68. The summed E-state index contributed by atoms with van der Waals surface area (Å²) in [6, 6.07) is 14.7. The van der Waals surface area contributed by atoms with Crippen LogP contribution in [0.25, 0.3) is 0 Å². The van der Waals surface area contributed by atoms with Crippen molar-refractivity contribution in [1.82, 2.24) is 4.98 Å². The Morgan fingerprint density at radius 3 is 2.06 bits per heavy atom. The van der Waals surface area contributed by atoms with Crippen molar-refractivity contribution < 1.29 is 0 Å². The second-order valence-electron chi connectivity index (χ2n) is 4.35. The van der Waals surface area contributed by atoms with E-state index in [0.29, 0.717) is 5.92 Å². The SMILES string of the molecule is NCC(Cc1ccccc1)Cc1ccncc1. The molecule has 2 rings (SSSR count). The summed E-state index contributed by atoms with van der Waals surface area (Å²) in [5.41, 5.74) is 8.52. The van der Waals surface area contributed by atoms with Gasteiger partial charge in [0.15, 0.2) is 0 Å². The van der Waals surface area contributed by atoms with Crippen molar-refractivity contribution in [3.05, 3.63) is 66.0 Å². The first kappa shape index (κ1) is 11.8. The smallest absolute Gasteiger partial charge is 0.0270 e. The number of aromatic nitrogens is 1. The molecule has 0 aliphatic carbocycles. The van der Waals surface area contributed by atoms with Crippen LogP contribution in [0.3, 0.4) is 0 Å². The van der Waals surface area contributed by atoms with Crippen LogP contribution in [0.1, 0.15) is 11.1 Å². The van der Waals surface area contributed by atoms with Gasteiger partial charge in [0.05, 0.1) is 0 Å². The molecule has 0 saturated carbocycles. The molecular formula is C15H18N2. The van der Waals surface area contributed by atoms with E-state index in [4.69, 9.17) is 5.73 Å². The maximum atomic E-state index is 5.85. The standard InChI is InChI=1S/C15H18N2/c16-12-15(10-13-4-2-1-3-5-13)11-14-6-8-17-9-7-14/h1-9,15H,10-12,16H2. The van der Waals surface area contributed by atoms with Crippen molar-refractivity contribution >= 4 is 0 Å². The van der Waals surface area contributed by atoms with Crippen LogP contribution >= 0.6 is 0 Å². The van der Waals surface area contributed by atoms with Crippen LogP contribution in [-0.4, -0.2) is 11.5 Å². The Kier molecular flexibility index (Phi) is 4.28. The predicted octanol–water partition coefficient (Wildman–Crippen LogP) is 2.44. The van der Waals surface area contributed by atoms with Crippen molar-refractivity contribution in [1.29, 1.82) is 0 Å². The van der Waals surface area contributed by atoms with Crippen LogP contribution < -0.4 is 5.73 Å². The van der Waals surface area contributed by atoms with Gasteiger partial charge in [0.1, 0.15) is 0 Å². The van der Waals surface area contributed by atoms with E-state index < -0.39 is 0 Å². The molecule has 2 aromatic rings. The number of rotatable bonds is 5. The molecule has 0 aliphatic rings. The van der Waals surface area contributed by atoms with E-state index in [2.05, 4.69) is 41.4 Å². The van der Waals surface area contributed by atoms with Crippen LogP contribution in [0, 0.1) is 5.92 Å². The van der Waals surface area contributed by atoms with Gasteiger partial charge in [-0.25, -0.2) is 0 Å². The van der Waals surface area contributed by atoms with E-state index in [-0.39, 0.29) is 0 Å². The summed E-state index contributed by atoms with van der Waals surface area (Å²) in [4.78, 5) is 4.03. The number of nitrogens with zero attached hydrogens (tertiary/aromatic N) is 1. The summed E-state index contributed by atoms with van der Waals surface area (Å²) in [5.74, 6) is 0.500. The highest BCUT2D eigenvalue weighted by Crippen LogP contribution is 2.13. The molecule has 1 atom stereocenters. The average Bonchev–Trinajstić information content (AvgIpc) is 2.40. The fourth-order valence-corrected chi connectivity index (χ4v) is 2.04. The van der Waals surface area contributed by atoms with Crippen LogP contribution in [0.2, 0.25) is 0 Å². The fourth-order valence-electron chi connectivity index (χ4n) is 2.04. The molecule has 88 valence electrons. The maximum Gasteiger partial charge on any atom is 0.0270 e. The second-order valence-corrected chi connectivity index (χ2v) is 4.35. The minimum absolute atomic E-state index is 0.500. The third-order valence-electron chi connectivity index (χ3n) is 2.97. The van der Waals surface area contributed by atoms with E-state index in [1.54, 1.807) is 0 Å². The summed E-state index contributed by atoms with van der Waals surface area (Å²) in [5, 5.41) is 0. The lowest BCUT2D eigenvalue weighted by atomic mass is 9.93. The number of nitrogens with two attached hydrogens (primary N) is 1. The summed E-state index contributed by atoms with van der Waals surface area (Å²) in [6.45, 7) is 0.719. The molecule has 1 unspecified atom stereocenters. The first-order valence-electron chi connectivity index (χ1n) is 6.01. The van der Waals surface area contributed by atoms with Crippen molar-refractivity contribution in [2.75, 3.05) is 6.54 Å². The molecule has 0 aliphatic heterocycles. The number of pyridine rings is 1. The molecule has 2 heteroatoms. The summed E-state index contributed by atoms with van der Waals surface area (Å²) in [6.07, 6.45) is 5.74. The summed E-state index contributed by atoms with van der Waals surface area (Å²) >= 11 is 0. The van der Waals surface area contributed by atoms with Gasteiger partial charge in [0.25, 0.3) is 0 Å². The Hall–Kier alpha value is -1.67. The van der Waals surface area contributed by atoms with Gasteiger partial charge in [-0.05, 0) is 48.6 Å². The van der Waals surface area contributed by atoms with Crippen molar-refractivity contribution in [3.63, 3.8) is 0 Å². The van der Waals surface area contributed by atoms with E-state index in [1.165, 1.54) is 11.1 Å². The largest absolute Gasteiger partial charge is 0.330 e. The lowest BCUT2D eigenvalue weighted by Gasteiger charge is -2.14. The van der Waals surface area contributed by atoms with Crippen molar-refractivity contribution in [2.45, 2.75) is 12.8 Å². The van der Waals surface area contributed by atoms with E-state index >= 15 is 0 Å². The molecule has 0 amide bonds. The molecule has 0 fully saturated rings. The minimum Gasteiger partial charge on any atom is -0.330 e. The molecule has 2 nitrogen and oxygen atoms in total. The Labute approximate surface area is 103 Å². The number of hydrogen-bond acceptors (Lipinski definition) is 2. The zero-order valence-electron chi connectivity index (χ0n) is 9.92. The van der Waals surface area contributed by atoms with Gasteiger partial charge in [0.2, 0.25) is 0 Å². The fraction of sp³-hybridized carbons (Fsp3) is 0.267. The predicted molar refractivity (Wildman–Crippen MR) is 70.6 cm³/mol. The van der Waals surface area contributed by atoms with Gasteiger partial charge in [-0.1, -0.05) is 30.3 Å².